The highest BCUT2D eigenvalue weighted by atomic mass is 16.5. The summed E-state index contributed by atoms with van der Waals surface area (Å²) in [5.41, 5.74) is 2.34. The molecule has 0 aromatic carbocycles. The van der Waals surface area contributed by atoms with Crippen molar-refractivity contribution in [2.45, 2.75) is 19.6 Å². The monoisotopic (exact) mass is 364 g/mol. The van der Waals surface area contributed by atoms with E-state index in [9.17, 15) is 0 Å². The highest BCUT2D eigenvalue weighted by Crippen LogP contribution is 2.22. The molecule has 1 N–H and O–H groups in total. The number of ether oxygens (including phenoxy) is 1. The lowest BCUT2D eigenvalue weighted by Crippen LogP contribution is -2.31. The number of nitrogens with zero attached hydrogens (tertiary/aromatic N) is 5. The molecule has 1 aliphatic heterocycles. The van der Waals surface area contributed by atoms with E-state index in [1.165, 1.54) is 5.69 Å². The zero-order valence-corrected chi connectivity index (χ0v) is 15.5. The van der Waals surface area contributed by atoms with Crippen molar-refractivity contribution in [2.75, 3.05) is 25.5 Å². The zero-order chi connectivity index (χ0) is 18.5. The van der Waals surface area contributed by atoms with Crippen molar-refractivity contribution in [3.63, 3.8) is 0 Å². The molecule has 140 valence electrons. The van der Waals surface area contributed by atoms with Crippen molar-refractivity contribution < 1.29 is 4.74 Å². The molecule has 4 rings (SSSR count). The molecule has 4 heterocycles. The molecule has 0 saturated carbocycles. The molecule has 0 saturated heterocycles. The first kappa shape index (κ1) is 17.5. The second kappa shape index (κ2) is 8.18. The van der Waals surface area contributed by atoms with Gasteiger partial charge in [-0.15, -0.1) is 0 Å². The molecule has 0 fully saturated rings. The van der Waals surface area contributed by atoms with Crippen LogP contribution in [-0.4, -0.2) is 44.8 Å². The van der Waals surface area contributed by atoms with Crippen LogP contribution >= 0.6 is 0 Å². The molecule has 0 aliphatic carbocycles. The Hall–Kier alpha value is -2.93. The molecule has 0 spiro atoms. The van der Waals surface area contributed by atoms with Crippen LogP contribution in [0.25, 0.3) is 0 Å². The number of aromatic nitrogens is 4. The van der Waals surface area contributed by atoms with Crippen molar-refractivity contribution in [2.24, 2.45) is 5.92 Å². The second-order valence-electron chi connectivity index (χ2n) is 6.81. The minimum atomic E-state index is 0.413. The molecule has 27 heavy (non-hydrogen) atoms. The van der Waals surface area contributed by atoms with Gasteiger partial charge < -0.3 is 10.1 Å². The van der Waals surface area contributed by atoms with Gasteiger partial charge in [0, 0.05) is 62.8 Å². The van der Waals surface area contributed by atoms with E-state index in [4.69, 9.17) is 4.74 Å². The van der Waals surface area contributed by atoms with Gasteiger partial charge in [0.05, 0.1) is 12.8 Å². The van der Waals surface area contributed by atoms with E-state index in [-0.39, 0.29) is 0 Å². The minimum Gasteiger partial charge on any atom is -0.481 e. The Morgan fingerprint density at radius 2 is 2.00 bits per heavy atom. The van der Waals surface area contributed by atoms with Crippen LogP contribution in [0.2, 0.25) is 0 Å². The third-order valence-corrected chi connectivity index (χ3v) is 4.81. The van der Waals surface area contributed by atoms with Gasteiger partial charge >= 0.3 is 0 Å². The largest absolute Gasteiger partial charge is 0.481 e. The third-order valence-electron chi connectivity index (χ3n) is 4.81. The number of hydrogen-bond donors (Lipinski definition) is 1. The van der Waals surface area contributed by atoms with E-state index in [0.29, 0.717) is 11.8 Å². The Labute approximate surface area is 159 Å². The number of pyridine rings is 2. The molecule has 3 aromatic rings. The van der Waals surface area contributed by atoms with E-state index >= 15 is 0 Å². The number of rotatable bonds is 6. The smallest absolute Gasteiger partial charge is 0.217 e. The number of fused-ring (bicyclic) bond motifs is 1. The summed E-state index contributed by atoms with van der Waals surface area (Å²) in [6, 6.07) is 12.1. The van der Waals surface area contributed by atoms with Gasteiger partial charge in [-0.1, -0.05) is 12.1 Å². The summed E-state index contributed by atoms with van der Waals surface area (Å²) in [5, 5.41) is 7.96. The van der Waals surface area contributed by atoms with Crippen molar-refractivity contribution in [3.05, 3.63) is 66.2 Å². The maximum atomic E-state index is 5.43. The van der Waals surface area contributed by atoms with E-state index in [2.05, 4.69) is 42.1 Å². The quantitative estimate of drug-likeness (QED) is 0.725. The van der Waals surface area contributed by atoms with Gasteiger partial charge in [-0.2, -0.15) is 5.10 Å². The maximum absolute atomic E-state index is 5.43. The Balaban J connectivity index is 1.49. The van der Waals surface area contributed by atoms with E-state index < -0.39 is 0 Å². The number of nitrogens with one attached hydrogen (secondary N) is 1. The summed E-state index contributed by atoms with van der Waals surface area (Å²) in [7, 11) is 1.67. The highest BCUT2D eigenvalue weighted by Gasteiger charge is 2.23. The first-order chi connectivity index (χ1) is 13.3. The van der Waals surface area contributed by atoms with Crippen LogP contribution in [0.4, 0.5) is 5.82 Å². The summed E-state index contributed by atoms with van der Waals surface area (Å²) < 4.78 is 7.55. The summed E-state index contributed by atoms with van der Waals surface area (Å²) in [6.45, 7) is 4.35. The number of hydrogen-bond acceptors (Lipinski definition) is 6. The molecule has 0 radical (unpaired) electrons. The topological polar surface area (TPSA) is 68.1 Å². The Kier molecular flexibility index (Phi) is 5.29. The minimum absolute atomic E-state index is 0.413. The van der Waals surface area contributed by atoms with Gasteiger partial charge in [-0.05, 0) is 24.3 Å². The molecule has 1 atom stereocenters. The van der Waals surface area contributed by atoms with Crippen molar-refractivity contribution >= 4 is 5.82 Å². The predicted octanol–water partition coefficient (Wildman–Crippen LogP) is 2.43. The normalized spacial score (nSPS) is 17.1. The van der Waals surface area contributed by atoms with Crippen molar-refractivity contribution in [1.82, 2.24) is 24.6 Å². The van der Waals surface area contributed by atoms with Crippen LogP contribution in [0.3, 0.4) is 0 Å². The van der Waals surface area contributed by atoms with Gasteiger partial charge in [0.25, 0.3) is 0 Å². The Morgan fingerprint density at radius 3 is 2.85 bits per heavy atom. The van der Waals surface area contributed by atoms with Crippen LogP contribution in [0.5, 0.6) is 5.88 Å². The second-order valence-corrected chi connectivity index (χ2v) is 6.81. The lowest BCUT2D eigenvalue weighted by Gasteiger charge is -2.24. The SMILES string of the molecule is COc1ncccc1CN1Cc2ccnn2C[C@@H](CNc2ccccn2)C1. The lowest BCUT2D eigenvalue weighted by molar-refractivity contribution is 0.222. The molecule has 7 nitrogen and oxygen atoms in total. The predicted molar refractivity (Wildman–Crippen MR) is 103 cm³/mol. The molecular weight excluding hydrogens is 340 g/mol. The van der Waals surface area contributed by atoms with Crippen LogP contribution in [0.15, 0.2) is 55.0 Å². The van der Waals surface area contributed by atoms with Gasteiger partial charge in [0.15, 0.2) is 0 Å². The first-order valence-electron chi connectivity index (χ1n) is 9.17. The zero-order valence-electron chi connectivity index (χ0n) is 15.5. The number of anilines is 1. The maximum Gasteiger partial charge on any atom is 0.217 e. The number of methoxy groups -OCH3 is 1. The summed E-state index contributed by atoms with van der Waals surface area (Å²) in [5.74, 6) is 2.01. The fourth-order valence-electron chi connectivity index (χ4n) is 3.55. The van der Waals surface area contributed by atoms with E-state index in [1.54, 1.807) is 13.3 Å². The fourth-order valence-corrected chi connectivity index (χ4v) is 3.55. The van der Waals surface area contributed by atoms with Gasteiger partial charge in [0.2, 0.25) is 5.88 Å². The molecule has 0 bridgehead atoms. The molecule has 3 aromatic heterocycles. The average Bonchev–Trinajstić information content (AvgIpc) is 3.06. The van der Waals surface area contributed by atoms with Gasteiger partial charge in [0.1, 0.15) is 5.82 Å². The van der Waals surface area contributed by atoms with Crippen LogP contribution in [-0.2, 0) is 19.6 Å². The molecule has 7 heteroatoms. The van der Waals surface area contributed by atoms with Crippen LogP contribution < -0.4 is 10.1 Å². The molecule has 0 unspecified atom stereocenters. The van der Waals surface area contributed by atoms with Gasteiger partial charge in [-0.25, -0.2) is 9.97 Å². The van der Waals surface area contributed by atoms with Crippen LogP contribution in [0.1, 0.15) is 11.3 Å². The molecule has 0 amide bonds. The Morgan fingerprint density at radius 1 is 1.07 bits per heavy atom. The fraction of sp³-hybridized carbons (Fsp3) is 0.350. The van der Waals surface area contributed by atoms with E-state index in [1.807, 2.05) is 36.7 Å². The van der Waals surface area contributed by atoms with E-state index in [0.717, 1.165) is 44.1 Å². The summed E-state index contributed by atoms with van der Waals surface area (Å²) >= 11 is 0. The van der Waals surface area contributed by atoms with Crippen molar-refractivity contribution in [3.8, 4) is 5.88 Å². The van der Waals surface area contributed by atoms with Crippen LogP contribution in [0, 0.1) is 5.92 Å². The first-order valence-corrected chi connectivity index (χ1v) is 9.17. The summed E-state index contributed by atoms with van der Waals surface area (Å²) in [4.78, 5) is 11.1. The Bertz CT molecular complexity index is 866. The standard InChI is InChI=1S/C20H24N6O/c1-27-20-17(5-4-9-22-20)14-25-12-16(11-23-19-6-2-3-8-21-19)13-26-18(15-25)7-10-24-26/h2-10,16H,11-15H2,1H3,(H,21,23)/t16-/m0/s1. The average molecular weight is 364 g/mol. The van der Waals surface area contributed by atoms with Gasteiger partial charge in [-0.3, -0.25) is 9.58 Å². The van der Waals surface area contributed by atoms with Crippen molar-refractivity contribution in [1.29, 1.82) is 0 Å². The third kappa shape index (κ3) is 4.25. The molecule has 1 aliphatic rings. The summed E-state index contributed by atoms with van der Waals surface area (Å²) in [6.07, 6.45) is 5.45. The highest BCUT2D eigenvalue weighted by molar-refractivity contribution is 5.33. The molecular formula is C20H24N6O. The lowest BCUT2D eigenvalue weighted by atomic mass is 10.1.